The van der Waals surface area contributed by atoms with Crippen molar-refractivity contribution in [3.8, 4) is 11.5 Å². The van der Waals surface area contributed by atoms with Gasteiger partial charge >= 0.3 is 0 Å². The lowest BCUT2D eigenvalue weighted by Crippen LogP contribution is -2.51. The van der Waals surface area contributed by atoms with Crippen LogP contribution in [-0.4, -0.2) is 77.9 Å². The number of rotatable bonds is 12. The summed E-state index contributed by atoms with van der Waals surface area (Å²) in [5.74, 6) is 1.50. The second kappa shape index (κ2) is 12.5. The summed E-state index contributed by atoms with van der Waals surface area (Å²) >= 11 is 0. The third-order valence-electron chi connectivity index (χ3n) is 5.99. The lowest BCUT2D eigenvalue weighted by atomic mass is 10.0. The molecule has 0 radical (unpaired) electrons. The molecule has 1 aromatic rings. The molecule has 1 amide bonds. The average molecular weight is 484 g/mol. The first-order chi connectivity index (χ1) is 15.9. The number of carbonyl (C=O) groups excluding carboxylic acids is 1. The molecule has 1 unspecified atom stereocenters. The molecule has 33 heavy (non-hydrogen) atoms. The van der Waals surface area contributed by atoms with Gasteiger partial charge in [0.05, 0.1) is 18.1 Å². The molecule has 9 nitrogen and oxygen atoms in total. The lowest BCUT2D eigenvalue weighted by molar-refractivity contribution is -0.121. The molecule has 0 bridgehead atoms. The van der Waals surface area contributed by atoms with Gasteiger partial charge in [-0.2, -0.15) is 0 Å². The van der Waals surface area contributed by atoms with Crippen LogP contribution >= 0.6 is 0 Å². The Morgan fingerprint density at radius 2 is 1.76 bits per heavy atom. The minimum absolute atomic E-state index is 0.0470. The van der Waals surface area contributed by atoms with Crippen molar-refractivity contribution in [3.63, 3.8) is 0 Å². The molecular weight excluding hydrogens is 446 g/mol. The van der Waals surface area contributed by atoms with Crippen molar-refractivity contribution >= 4 is 15.9 Å². The number of amides is 1. The van der Waals surface area contributed by atoms with Crippen LogP contribution < -0.4 is 19.5 Å². The first kappa shape index (κ1) is 25.7. The van der Waals surface area contributed by atoms with E-state index in [0.717, 1.165) is 39.1 Å². The Balaban J connectivity index is 1.32. The van der Waals surface area contributed by atoms with Crippen LogP contribution in [0.25, 0.3) is 0 Å². The number of fused-ring (bicyclic) bond motifs is 1. The fraction of sp³-hybridized carbons (Fsp3) is 0.696. The van der Waals surface area contributed by atoms with Gasteiger partial charge in [0.25, 0.3) is 0 Å². The van der Waals surface area contributed by atoms with E-state index >= 15 is 0 Å². The van der Waals surface area contributed by atoms with Crippen LogP contribution in [0.3, 0.4) is 0 Å². The van der Waals surface area contributed by atoms with Crippen molar-refractivity contribution < 1.29 is 27.4 Å². The van der Waals surface area contributed by atoms with E-state index in [1.807, 2.05) is 0 Å². The second-order valence-corrected chi connectivity index (χ2v) is 10.5. The minimum Gasteiger partial charge on any atom is -0.486 e. The van der Waals surface area contributed by atoms with Gasteiger partial charge < -0.3 is 19.5 Å². The zero-order valence-corrected chi connectivity index (χ0v) is 20.5. The number of carbonyl (C=O) groups is 1. The summed E-state index contributed by atoms with van der Waals surface area (Å²) in [6.45, 7) is 9.49. The standard InChI is InChI=1S/C23H37N3O6S/c1-18(2)20(26-10-12-30-13-11-26)17-24-23(27)6-4-3-5-9-25-33(28,29)19-7-8-21-22(16-19)32-15-14-31-21/h7-8,16,18,20,25H,3-6,9-15,17H2,1-2H3,(H,24,27). The smallest absolute Gasteiger partial charge is 0.240 e. The predicted octanol–water partition coefficient (Wildman–Crippen LogP) is 1.77. The monoisotopic (exact) mass is 483 g/mol. The van der Waals surface area contributed by atoms with Crippen LogP contribution in [0.1, 0.15) is 39.5 Å². The zero-order chi connectivity index (χ0) is 23.7. The third-order valence-corrected chi connectivity index (χ3v) is 7.45. The lowest BCUT2D eigenvalue weighted by Gasteiger charge is -2.36. The van der Waals surface area contributed by atoms with E-state index in [2.05, 4.69) is 28.8 Å². The highest BCUT2D eigenvalue weighted by atomic mass is 32.2. The maximum Gasteiger partial charge on any atom is 0.240 e. The summed E-state index contributed by atoms with van der Waals surface area (Å²) in [4.78, 5) is 14.8. The number of hydrogen-bond donors (Lipinski definition) is 2. The quantitative estimate of drug-likeness (QED) is 0.437. The number of nitrogens with zero attached hydrogens (tertiary/aromatic N) is 1. The number of unbranched alkanes of at least 4 members (excludes halogenated alkanes) is 2. The number of morpholine rings is 1. The van der Waals surface area contributed by atoms with E-state index in [1.165, 1.54) is 12.1 Å². The maximum absolute atomic E-state index is 12.5. The summed E-state index contributed by atoms with van der Waals surface area (Å²) < 4.78 is 44.0. The van der Waals surface area contributed by atoms with E-state index in [9.17, 15) is 13.2 Å². The van der Waals surface area contributed by atoms with Gasteiger partial charge in [0.15, 0.2) is 11.5 Å². The summed E-state index contributed by atoms with van der Waals surface area (Å²) in [6, 6.07) is 4.93. The summed E-state index contributed by atoms with van der Waals surface area (Å²) in [6.07, 6.45) is 2.61. The molecule has 10 heteroatoms. The van der Waals surface area contributed by atoms with E-state index in [1.54, 1.807) is 6.07 Å². The Labute approximate surface area is 197 Å². The van der Waals surface area contributed by atoms with E-state index in [4.69, 9.17) is 14.2 Å². The van der Waals surface area contributed by atoms with Crippen LogP contribution in [0.4, 0.5) is 0 Å². The number of benzene rings is 1. The molecule has 1 aromatic carbocycles. The molecule has 2 heterocycles. The molecule has 2 aliphatic heterocycles. The molecule has 1 saturated heterocycles. The van der Waals surface area contributed by atoms with Crippen LogP contribution in [0.5, 0.6) is 11.5 Å². The van der Waals surface area contributed by atoms with Crippen molar-refractivity contribution in [1.29, 1.82) is 0 Å². The van der Waals surface area contributed by atoms with Crippen molar-refractivity contribution in [2.24, 2.45) is 5.92 Å². The van der Waals surface area contributed by atoms with Gasteiger partial charge in [0.1, 0.15) is 13.2 Å². The first-order valence-corrected chi connectivity index (χ1v) is 13.3. The predicted molar refractivity (Wildman–Crippen MR) is 125 cm³/mol. The molecule has 1 fully saturated rings. The Morgan fingerprint density at radius 3 is 2.48 bits per heavy atom. The van der Waals surface area contributed by atoms with Crippen LogP contribution in [0, 0.1) is 5.92 Å². The van der Waals surface area contributed by atoms with Gasteiger partial charge in [-0.15, -0.1) is 0 Å². The second-order valence-electron chi connectivity index (χ2n) is 8.78. The van der Waals surface area contributed by atoms with Crippen molar-refractivity contribution in [3.05, 3.63) is 18.2 Å². The molecular formula is C23H37N3O6S. The van der Waals surface area contributed by atoms with Crippen molar-refractivity contribution in [2.75, 3.05) is 52.6 Å². The largest absolute Gasteiger partial charge is 0.486 e. The fourth-order valence-corrected chi connectivity index (χ4v) is 5.16. The normalized spacial score (nSPS) is 17.7. The zero-order valence-electron chi connectivity index (χ0n) is 19.7. The molecule has 3 rings (SSSR count). The minimum atomic E-state index is -3.61. The highest BCUT2D eigenvalue weighted by Crippen LogP contribution is 2.32. The van der Waals surface area contributed by atoms with E-state index in [0.29, 0.717) is 62.6 Å². The third kappa shape index (κ3) is 7.84. The van der Waals surface area contributed by atoms with Crippen LogP contribution in [0.2, 0.25) is 0 Å². The molecule has 0 saturated carbocycles. The molecule has 0 aromatic heterocycles. The number of ether oxygens (including phenoxy) is 3. The molecule has 2 N–H and O–H groups in total. The van der Waals surface area contributed by atoms with Crippen LogP contribution in [0.15, 0.2) is 23.1 Å². The maximum atomic E-state index is 12.5. The Bertz CT molecular complexity index is 871. The molecule has 0 spiro atoms. The van der Waals surface area contributed by atoms with E-state index in [-0.39, 0.29) is 10.8 Å². The molecule has 2 aliphatic rings. The highest BCUT2D eigenvalue weighted by molar-refractivity contribution is 7.89. The summed E-state index contributed by atoms with van der Waals surface area (Å²) in [7, 11) is -3.61. The van der Waals surface area contributed by atoms with Gasteiger partial charge in [0.2, 0.25) is 15.9 Å². The van der Waals surface area contributed by atoms with E-state index < -0.39 is 10.0 Å². The van der Waals surface area contributed by atoms with Crippen LogP contribution in [-0.2, 0) is 19.6 Å². The molecule has 1 atom stereocenters. The van der Waals surface area contributed by atoms with Gasteiger partial charge in [-0.05, 0) is 30.9 Å². The first-order valence-electron chi connectivity index (χ1n) is 11.8. The SMILES string of the molecule is CC(C)C(CNC(=O)CCCCCNS(=O)(=O)c1ccc2c(c1)OCCO2)N1CCOCC1. The number of hydrogen-bond acceptors (Lipinski definition) is 7. The summed E-state index contributed by atoms with van der Waals surface area (Å²) in [5, 5.41) is 3.07. The summed E-state index contributed by atoms with van der Waals surface area (Å²) in [5.41, 5.74) is 0. The Kier molecular flexibility index (Phi) is 9.78. The van der Waals surface area contributed by atoms with Gasteiger partial charge in [-0.1, -0.05) is 20.3 Å². The highest BCUT2D eigenvalue weighted by Gasteiger charge is 2.24. The topological polar surface area (TPSA) is 106 Å². The van der Waals surface area contributed by atoms with Gasteiger partial charge in [-0.3, -0.25) is 9.69 Å². The Morgan fingerprint density at radius 1 is 1.03 bits per heavy atom. The van der Waals surface area contributed by atoms with Crippen molar-refractivity contribution in [2.45, 2.75) is 50.5 Å². The molecule has 186 valence electrons. The van der Waals surface area contributed by atoms with Crippen molar-refractivity contribution in [1.82, 2.24) is 14.9 Å². The van der Waals surface area contributed by atoms with Gasteiger partial charge in [-0.25, -0.2) is 13.1 Å². The number of nitrogens with one attached hydrogen (secondary N) is 2. The average Bonchev–Trinajstić information content (AvgIpc) is 2.81. The Hall–Kier alpha value is -1.88. The number of sulfonamides is 1. The molecule has 0 aliphatic carbocycles. The fourth-order valence-electron chi connectivity index (χ4n) is 4.07. The van der Waals surface area contributed by atoms with Gasteiger partial charge in [0, 0.05) is 44.7 Å².